The molecule has 4 rings (SSSR count). The normalized spacial score (nSPS) is 16.7. The first-order chi connectivity index (χ1) is 16.0. The van der Waals surface area contributed by atoms with Gasteiger partial charge in [0, 0.05) is 19.3 Å². The molecule has 2 atom stereocenters. The third-order valence-electron chi connectivity index (χ3n) is 6.11. The van der Waals surface area contributed by atoms with Crippen LogP contribution in [0.5, 0.6) is 0 Å². The van der Waals surface area contributed by atoms with Crippen LogP contribution in [0.15, 0.2) is 48.1 Å². The Balaban J connectivity index is 1.40. The van der Waals surface area contributed by atoms with Crippen LogP contribution in [0, 0.1) is 12.8 Å². The minimum Gasteiger partial charge on any atom is -0.350 e. The molecule has 7 nitrogen and oxygen atoms in total. The van der Waals surface area contributed by atoms with Crippen molar-refractivity contribution < 1.29 is 9.59 Å². The first-order valence-electron chi connectivity index (χ1n) is 11.3. The average molecular weight is 464 g/mol. The molecule has 0 bridgehead atoms. The highest BCUT2D eigenvalue weighted by atomic mass is 32.1. The van der Waals surface area contributed by atoms with E-state index in [0.717, 1.165) is 28.1 Å². The van der Waals surface area contributed by atoms with E-state index < -0.39 is 12.0 Å². The lowest BCUT2D eigenvalue weighted by Crippen LogP contribution is -2.48. The lowest BCUT2D eigenvalue weighted by atomic mass is 9.90. The molecule has 1 aliphatic rings. The van der Waals surface area contributed by atoms with Crippen LogP contribution in [0.2, 0.25) is 0 Å². The van der Waals surface area contributed by atoms with Crippen LogP contribution < -0.4 is 5.32 Å². The molecule has 1 fully saturated rings. The molecule has 2 aromatic heterocycles. The monoisotopic (exact) mass is 463 g/mol. The summed E-state index contributed by atoms with van der Waals surface area (Å²) in [5.74, 6) is -0.508. The highest BCUT2D eigenvalue weighted by molar-refractivity contribution is 7.13. The van der Waals surface area contributed by atoms with Gasteiger partial charge in [-0.3, -0.25) is 9.59 Å². The Morgan fingerprint density at radius 1 is 1.21 bits per heavy atom. The fraction of sp³-hybridized carbons (Fsp3) is 0.400. The van der Waals surface area contributed by atoms with Crippen LogP contribution in [0.25, 0.3) is 10.4 Å². The molecule has 0 spiro atoms. The predicted octanol–water partition coefficient (Wildman–Crippen LogP) is 3.96. The number of thiazole rings is 1. The largest absolute Gasteiger partial charge is 0.350 e. The zero-order valence-corrected chi connectivity index (χ0v) is 20.0. The van der Waals surface area contributed by atoms with Gasteiger partial charge >= 0.3 is 0 Å². The molecule has 1 unspecified atom stereocenters. The predicted molar refractivity (Wildman–Crippen MR) is 128 cm³/mol. The first kappa shape index (κ1) is 23.0. The molecule has 8 heteroatoms. The highest BCUT2D eigenvalue weighted by Gasteiger charge is 2.39. The third kappa shape index (κ3) is 5.11. The zero-order chi connectivity index (χ0) is 23.4. The first-order valence-corrected chi connectivity index (χ1v) is 12.2. The van der Waals surface area contributed by atoms with Crippen molar-refractivity contribution >= 4 is 23.2 Å². The van der Waals surface area contributed by atoms with Crippen molar-refractivity contribution in [1.29, 1.82) is 0 Å². The van der Waals surface area contributed by atoms with E-state index in [1.165, 1.54) is 0 Å². The van der Waals surface area contributed by atoms with Crippen LogP contribution >= 0.6 is 11.3 Å². The van der Waals surface area contributed by atoms with Gasteiger partial charge in [-0.2, -0.15) is 10.2 Å². The second kappa shape index (κ2) is 10.2. The van der Waals surface area contributed by atoms with Gasteiger partial charge in [-0.05, 0) is 48.9 Å². The van der Waals surface area contributed by atoms with Gasteiger partial charge in [-0.15, -0.1) is 11.3 Å². The maximum absolute atomic E-state index is 13.4. The molecule has 3 aromatic rings. The molecule has 172 valence electrons. The van der Waals surface area contributed by atoms with Gasteiger partial charge in [0.25, 0.3) is 0 Å². The van der Waals surface area contributed by atoms with Crippen molar-refractivity contribution in [2.24, 2.45) is 5.92 Å². The van der Waals surface area contributed by atoms with E-state index in [4.69, 9.17) is 0 Å². The standard InChI is InChI=1S/C25H29N5O2S/c1-16(2)22(20-6-4-12-28-29-20)25(32)30-13-5-7-21(30)24(31)26-14-18-8-10-19(11-9-18)23-17(3)27-15-33-23/h4,6,8-12,15-16,21-22H,5,7,13-14H2,1-3H3,(H,26,31)/t21-,22?/m0/s1. The van der Waals surface area contributed by atoms with Crippen LogP contribution in [0.1, 0.15) is 49.6 Å². The molecule has 3 heterocycles. The number of hydrogen-bond acceptors (Lipinski definition) is 6. The van der Waals surface area contributed by atoms with Crippen molar-refractivity contribution in [2.75, 3.05) is 6.54 Å². The lowest BCUT2D eigenvalue weighted by molar-refractivity contribution is -0.140. The number of aryl methyl sites for hydroxylation is 1. The van der Waals surface area contributed by atoms with Crippen LogP contribution in [-0.4, -0.2) is 44.5 Å². The Morgan fingerprint density at radius 3 is 2.64 bits per heavy atom. The Bertz CT molecular complexity index is 1100. The Labute approximate surface area is 198 Å². The summed E-state index contributed by atoms with van der Waals surface area (Å²) in [5.41, 5.74) is 5.67. The van der Waals surface area contributed by atoms with Crippen molar-refractivity contribution in [3.63, 3.8) is 0 Å². The number of nitrogens with one attached hydrogen (secondary N) is 1. The Morgan fingerprint density at radius 2 is 2.00 bits per heavy atom. The van der Waals surface area contributed by atoms with Crippen molar-refractivity contribution in [3.8, 4) is 10.4 Å². The van der Waals surface area contributed by atoms with E-state index in [1.54, 1.807) is 28.5 Å². The fourth-order valence-corrected chi connectivity index (χ4v) is 5.19. The lowest BCUT2D eigenvalue weighted by Gasteiger charge is -2.29. The van der Waals surface area contributed by atoms with Gasteiger partial charge in [-0.1, -0.05) is 38.1 Å². The third-order valence-corrected chi connectivity index (χ3v) is 7.09. The number of aromatic nitrogens is 3. The van der Waals surface area contributed by atoms with Crippen LogP contribution in [0.3, 0.4) is 0 Å². The molecule has 0 radical (unpaired) electrons. The molecular weight excluding hydrogens is 434 g/mol. The molecule has 0 aliphatic carbocycles. The summed E-state index contributed by atoms with van der Waals surface area (Å²) < 4.78 is 0. The van der Waals surface area contributed by atoms with E-state index in [0.29, 0.717) is 25.2 Å². The molecule has 1 aromatic carbocycles. The van der Waals surface area contributed by atoms with E-state index >= 15 is 0 Å². The number of benzene rings is 1. The summed E-state index contributed by atoms with van der Waals surface area (Å²) in [7, 11) is 0. The summed E-state index contributed by atoms with van der Waals surface area (Å²) in [5, 5.41) is 11.1. The SMILES string of the molecule is Cc1ncsc1-c1ccc(CNC(=O)[C@@H]2CCCN2C(=O)C(c2cccnn2)C(C)C)cc1. The smallest absolute Gasteiger partial charge is 0.243 e. The average Bonchev–Trinajstić information content (AvgIpc) is 3.48. The van der Waals surface area contributed by atoms with Crippen molar-refractivity contribution in [2.45, 2.75) is 52.1 Å². The number of rotatable bonds is 7. The summed E-state index contributed by atoms with van der Waals surface area (Å²) in [6.07, 6.45) is 3.09. The fourth-order valence-electron chi connectivity index (χ4n) is 4.37. The number of nitrogens with zero attached hydrogens (tertiary/aromatic N) is 4. The quantitative estimate of drug-likeness (QED) is 0.573. The molecule has 1 saturated heterocycles. The number of amides is 2. The van der Waals surface area contributed by atoms with Crippen molar-refractivity contribution in [1.82, 2.24) is 25.4 Å². The van der Waals surface area contributed by atoms with E-state index in [1.807, 2.05) is 44.5 Å². The second-order valence-electron chi connectivity index (χ2n) is 8.74. The Kier molecular flexibility index (Phi) is 7.13. The van der Waals surface area contributed by atoms with E-state index in [9.17, 15) is 9.59 Å². The zero-order valence-electron chi connectivity index (χ0n) is 19.2. The minimum atomic E-state index is -0.450. The molecule has 33 heavy (non-hydrogen) atoms. The highest BCUT2D eigenvalue weighted by Crippen LogP contribution is 2.30. The minimum absolute atomic E-state index is 0.0487. The second-order valence-corrected chi connectivity index (χ2v) is 9.60. The molecule has 0 saturated carbocycles. The van der Waals surface area contributed by atoms with Gasteiger partial charge in [-0.25, -0.2) is 4.98 Å². The van der Waals surface area contributed by atoms with Gasteiger partial charge in [0.05, 0.1) is 27.7 Å². The molecule has 2 amide bonds. The van der Waals surface area contributed by atoms with Crippen LogP contribution in [-0.2, 0) is 16.1 Å². The Hall–Kier alpha value is -3.13. The maximum atomic E-state index is 13.4. The van der Waals surface area contributed by atoms with Crippen LogP contribution in [0.4, 0.5) is 0 Å². The summed E-state index contributed by atoms with van der Waals surface area (Å²) >= 11 is 1.62. The number of carbonyl (C=O) groups is 2. The molecular formula is C25H29N5O2S. The summed E-state index contributed by atoms with van der Waals surface area (Å²) in [4.78, 5) is 33.6. The summed E-state index contributed by atoms with van der Waals surface area (Å²) in [6, 6.07) is 11.3. The van der Waals surface area contributed by atoms with Gasteiger partial charge in [0.15, 0.2) is 0 Å². The van der Waals surface area contributed by atoms with E-state index in [-0.39, 0.29) is 17.7 Å². The topological polar surface area (TPSA) is 88.1 Å². The maximum Gasteiger partial charge on any atom is 0.243 e. The molecule has 1 N–H and O–H groups in total. The number of carbonyl (C=O) groups excluding carboxylic acids is 2. The summed E-state index contributed by atoms with van der Waals surface area (Å²) in [6.45, 7) is 7.02. The molecule has 1 aliphatic heterocycles. The van der Waals surface area contributed by atoms with Gasteiger partial charge in [0.1, 0.15) is 6.04 Å². The van der Waals surface area contributed by atoms with Gasteiger partial charge in [0.2, 0.25) is 11.8 Å². The number of likely N-dealkylation sites (tertiary alicyclic amines) is 1. The van der Waals surface area contributed by atoms with Gasteiger partial charge < -0.3 is 10.2 Å². The van der Waals surface area contributed by atoms with E-state index in [2.05, 4.69) is 32.6 Å². The van der Waals surface area contributed by atoms with Crippen molar-refractivity contribution in [3.05, 3.63) is 65.1 Å². The number of hydrogen-bond donors (Lipinski definition) is 1.